The van der Waals surface area contributed by atoms with Crippen LogP contribution >= 0.6 is 0 Å². The Morgan fingerprint density at radius 1 is 1.18 bits per heavy atom. The number of aryl methyl sites for hydroxylation is 1. The molecule has 2 fully saturated rings. The molecule has 6 heteroatoms. The number of hydrogen-bond donors (Lipinski definition) is 1. The van der Waals surface area contributed by atoms with E-state index in [4.69, 9.17) is 13.6 Å². The lowest BCUT2D eigenvalue weighted by atomic mass is 9.45. The first-order valence-corrected chi connectivity index (χ1v) is 18.1. The monoisotopic (exact) mass is 572 g/mol. The molecule has 2 saturated carbocycles. The molecule has 0 amide bonds. The number of allylic oxidation sites excluding steroid dienone is 2. The summed E-state index contributed by atoms with van der Waals surface area (Å²) in [7, 11) is -0.290. The van der Waals surface area contributed by atoms with Crippen LogP contribution < -0.4 is 10.2 Å². The number of hydrogen-bond acceptors (Lipinski definition) is 5. The van der Waals surface area contributed by atoms with Crippen LogP contribution in [-0.2, 0) is 10.8 Å². The average molecular weight is 573 g/mol. The lowest BCUT2D eigenvalue weighted by Crippen LogP contribution is -2.60. The second kappa shape index (κ2) is 12.7. The van der Waals surface area contributed by atoms with Crippen LogP contribution in [0.25, 0.3) is 0 Å². The van der Waals surface area contributed by atoms with Crippen molar-refractivity contribution < 1.29 is 18.7 Å². The minimum Gasteiger partial charge on any atom is -0.468 e. The maximum absolute atomic E-state index is 13.5. The third-order valence-corrected chi connectivity index (χ3v) is 15.7. The van der Waals surface area contributed by atoms with Gasteiger partial charge in [0.25, 0.3) is 5.95 Å². The van der Waals surface area contributed by atoms with Crippen LogP contribution in [0.3, 0.4) is 0 Å². The summed E-state index contributed by atoms with van der Waals surface area (Å²) in [4.78, 5) is 13.5. The molecule has 1 N–H and O–H groups in total. The molecular formula is C34H56O5Si. The van der Waals surface area contributed by atoms with E-state index in [0.717, 1.165) is 49.4 Å². The normalized spacial score (nSPS) is 29.6. The van der Waals surface area contributed by atoms with Crippen LogP contribution in [0, 0.1) is 36.5 Å². The van der Waals surface area contributed by atoms with E-state index in [1.165, 1.54) is 5.57 Å². The Bertz CT molecular complexity index is 1140. The Morgan fingerprint density at radius 3 is 2.35 bits per heavy atom. The molecule has 5 nitrogen and oxygen atoms in total. The molecule has 0 unspecified atom stereocenters. The van der Waals surface area contributed by atoms with E-state index in [-0.39, 0.29) is 28.3 Å². The van der Waals surface area contributed by atoms with Crippen molar-refractivity contribution in [3.8, 4) is 5.95 Å². The highest BCUT2D eigenvalue weighted by Crippen LogP contribution is 2.64. The molecule has 3 rings (SSSR count). The Balaban J connectivity index is 2.10. The van der Waals surface area contributed by atoms with Gasteiger partial charge in [-0.15, -0.1) is 0 Å². The molecule has 0 radical (unpaired) electrons. The summed E-state index contributed by atoms with van der Waals surface area (Å²) < 4.78 is 18.9. The topological polar surface area (TPSA) is 68.9 Å². The van der Waals surface area contributed by atoms with Crippen LogP contribution in [0.4, 0.5) is 0 Å². The summed E-state index contributed by atoms with van der Waals surface area (Å²) in [5.74, 6) is 1.38. The second-order valence-corrected chi connectivity index (χ2v) is 18.2. The van der Waals surface area contributed by atoms with Gasteiger partial charge in [0.15, 0.2) is 13.7 Å². The van der Waals surface area contributed by atoms with Crippen LogP contribution in [0.5, 0.6) is 5.95 Å². The minimum atomic E-state index is -1.87. The summed E-state index contributed by atoms with van der Waals surface area (Å²) in [6.45, 7) is 24.0. The highest BCUT2D eigenvalue weighted by Gasteiger charge is 2.59. The number of methoxy groups -OCH3 is 1. The lowest BCUT2D eigenvalue weighted by Gasteiger charge is -2.62. The predicted octanol–water partition coefficient (Wildman–Crippen LogP) is 8.30. The van der Waals surface area contributed by atoms with Crippen LogP contribution in [0.1, 0.15) is 97.5 Å². The molecular weight excluding hydrogens is 516 g/mol. The van der Waals surface area contributed by atoms with Crippen molar-refractivity contribution in [3.63, 3.8) is 0 Å². The summed E-state index contributed by atoms with van der Waals surface area (Å²) in [6.07, 6.45) is 6.77. The van der Waals surface area contributed by atoms with Crippen molar-refractivity contribution in [1.82, 2.24) is 0 Å². The maximum Gasteiger partial charge on any atom is 0.291 e. The van der Waals surface area contributed by atoms with Crippen molar-refractivity contribution >= 4 is 8.32 Å². The van der Waals surface area contributed by atoms with Crippen LogP contribution in [0.2, 0.25) is 18.1 Å². The Labute approximate surface area is 244 Å². The zero-order valence-corrected chi connectivity index (χ0v) is 28.0. The van der Waals surface area contributed by atoms with Gasteiger partial charge in [-0.05, 0) is 107 Å². The molecule has 0 aliphatic heterocycles. The van der Waals surface area contributed by atoms with Crippen molar-refractivity contribution in [1.29, 1.82) is 0 Å². The summed E-state index contributed by atoms with van der Waals surface area (Å²) in [6, 6.07) is 3.35. The van der Waals surface area contributed by atoms with Crippen molar-refractivity contribution in [2.45, 2.75) is 131 Å². The van der Waals surface area contributed by atoms with Crippen LogP contribution in [-0.4, -0.2) is 32.7 Å². The van der Waals surface area contributed by atoms with E-state index >= 15 is 0 Å². The number of aliphatic hydroxyl groups excluding tert-OH is 1. The zero-order valence-electron chi connectivity index (χ0n) is 27.0. The van der Waals surface area contributed by atoms with Gasteiger partial charge in [0.05, 0.1) is 24.9 Å². The SMILES string of the molecule is C=C1CC[C@H]2[C@](C)(C[C@@H](O)C=C(C)C)[C@@H](O[Si](CC)(CC)CC)CC[C@]2(C)[C@@H]1Cc1c(OC)oc(C)c(C)c1=O. The Morgan fingerprint density at radius 2 is 1.80 bits per heavy atom. The first kappa shape index (κ1) is 32.9. The molecule has 1 aromatic rings. The fourth-order valence-corrected chi connectivity index (χ4v) is 11.3. The van der Waals surface area contributed by atoms with Gasteiger partial charge in [-0.25, -0.2) is 0 Å². The third kappa shape index (κ3) is 6.10. The van der Waals surface area contributed by atoms with Crippen LogP contribution in [0.15, 0.2) is 33.0 Å². The van der Waals surface area contributed by atoms with Gasteiger partial charge in [0.1, 0.15) is 5.76 Å². The van der Waals surface area contributed by atoms with E-state index in [1.54, 1.807) is 7.11 Å². The van der Waals surface area contributed by atoms with E-state index in [0.29, 0.717) is 41.6 Å². The number of ether oxygens (including phenoxy) is 1. The molecule has 2 aliphatic carbocycles. The number of fused-ring (bicyclic) bond motifs is 1. The Hall–Kier alpha value is -1.63. The molecule has 0 spiro atoms. The van der Waals surface area contributed by atoms with Crippen molar-refractivity contribution in [2.24, 2.45) is 22.7 Å². The van der Waals surface area contributed by atoms with Gasteiger partial charge >= 0.3 is 0 Å². The summed E-state index contributed by atoms with van der Waals surface area (Å²) in [5, 5.41) is 11.3. The first-order valence-electron chi connectivity index (χ1n) is 15.6. The molecule has 1 heterocycles. The highest BCUT2D eigenvalue weighted by molar-refractivity contribution is 6.73. The fourth-order valence-electron chi connectivity index (χ4n) is 8.31. The molecule has 0 aromatic carbocycles. The molecule has 226 valence electrons. The Kier molecular flexibility index (Phi) is 10.4. The summed E-state index contributed by atoms with van der Waals surface area (Å²) in [5.41, 5.74) is 3.34. The standard InChI is InChI=1S/C34H56O5Si/c1-12-40(13-2,14-3)39-30-17-18-33(9)28(20-27-31(36)24(7)25(8)38-32(27)37-11)23(6)15-16-29(33)34(30,10)21-26(35)19-22(4)5/h19,26,28-30,35H,6,12-18,20-21H2,1-5,7-11H3/t26-,28+,29+,30-,33+,34-/m0/s1. The number of aliphatic hydroxyl groups is 1. The quantitative estimate of drug-likeness (QED) is 0.213. The van der Waals surface area contributed by atoms with E-state index < -0.39 is 14.4 Å². The third-order valence-electron chi connectivity index (χ3n) is 11.0. The fraction of sp³-hybridized carbons (Fsp3) is 0.735. The van der Waals surface area contributed by atoms with Crippen molar-refractivity contribution in [3.05, 3.63) is 50.9 Å². The molecule has 0 bridgehead atoms. The van der Waals surface area contributed by atoms with Gasteiger partial charge in [0.2, 0.25) is 0 Å². The van der Waals surface area contributed by atoms with Gasteiger partial charge in [-0.3, -0.25) is 4.79 Å². The average Bonchev–Trinajstić information content (AvgIpc) is 2.89. The van der Waals surface area contributed by atoms with E-state index in [9.17, 15) is 9.90 Å². The predicted molar refractivity (Wildman–Crippen MR) is 168 cm³/mol. The van der Waals surface area contributed by atoms with Gasteiger partial charge in [-0.2, -0.15) is 0 Å². The van der Waals surface area contributed by atoms with E-state index in [1.807, 2.05) is 19.9 Å². The van der Waals surface area contributed by atoms with Crippen molar-refractivity contribution in [2.75, 3.05) is 7.11 Å². The molecule has 40 heavy (non-hydrogen) atoms. The lowest BCUT2D eigenvalue weighted by molar-refractivity contribution is -0.139. The molecule has 2 aliphatic rings. The van der Waals surface area contributed by atoms with Gasteiger partial charge in [0, 0.05) is 5.56 Å². The largest absolute Gasteiger partial charge is 0.468 e. The molecule has 1 aromatic heterocycles. The smallest absolute Gasteiger partial charge is 0.291 e. The highest BCUT2D eigenvalue weighted by atomic mass is 28.4. The molecule has 6 atom stereocenters. The maximum atomic E-state index is 13.5. The zero-order chi connectivity index (χ0) is 30.0. The van der Waals surface area contributed by atoms with Gasteiger partial charge < -0.3 is 18.7 Å². The first-order chi connectivity index (χ1) is 18.7. The minimum absolute atomic E-state index is 0.0162. The second-order valence-electron chi connectivity index (χ2n) is 13.5. The number of rotatable bonds is 11. The summed E-state index contributed by atoms with van der Waals surface area (Å²) >= 11 is 0. The molecule has 0 saturated heterocycles. The van der Waals surface area contributed by atoms with E-state index in [2.05, 4.69) is 55.0 Å². The van der Waals surface area contributed by atoms with Gasteiger partial charge in [-0.1, -0.05) is 58.4 Å².